The summed E-state index contributed by atoms with van der Waals surface area (Å²) in [7, 11) is 1.32. The summed E-state index contributed by atoms with van der Waals surface area (Å²) in [6.07, 6.45) is -0.258. The van der Waals surface area contributed by atoms with Gasteiger partial charge in [-0.15, -0.1) is 0 Å². The van der Waals surface area contributed by atoms with E-state index in [1.165, 1.54) is 7.11 Å². The van der Waals surface area contributed by atoms with Gasteiger partial charge in [-0.2, -0.15) is 0 Å². The first kappa shape index (κ1) is 24.3. The average molecular weight is 483 g/mol. The van der Waals surface area contributed by atoms with Gasteiger partial charge in [0.05, 0.1) is 19.2 Å². The van der Waals surface area contributed by atoms with Gasteiger partial charge in [0, 0.05) is 11.3 Å². The third kappa shape index (κ3) is 7.11. The third-order valence-electron chi connectivity index (χ3n) is 5.24. The van der Waals surface area contributed by atoms with E-state index >= 15 is 0 Å². The van der Waals surface area contributed by atoms with Crippen LogP contribution in [0, 0.1) is 0 Å². The monoisotopic (exact) mass is 482 g/mol. The number of carbonyl (C=O) groups excluding carboxylic acids is 2. The van der Waals surface area contributed by atoms with Gasteiger partial charge in [-0.3, -0.25) is 10.1 Å². The molecular weight excluding hydrogens is 456 g/mol. The molecule has 0 heterocycles. The molecule has 36 heavy (non-hydrogen) atoms. The minimum atomic E-state index is -0.535. The number of amides is 2. The van der Waals surface area contributed by atoms with E-state index in [9.17, 15) is 9.59 Å². The lowest BCUT2D eigenvalue weighted by atomic mass is 10.1. The van der Waals surface area contributed by atoms with E-state index in [2.05, 4.69) is 15.4 Å². The van der Waals surface area contributed by atoms with Crippen LogP contribution in [0.2, 0.25) is 0 Å². The quantitative estimate of drug-likeness (QED) is 0.288. The Labute approximate surface area is 209 Å². The predicted molar refractivity (Wildman–Crippen MR) is 139 cm³/mol. The molecule has 0 bridgehead atoms. The molecule has 4 aromatic carbocycles. The second kappa shape index (κ2) is 12.1. The summed E-state index contributed by atoms with van der Waals surface area (Å²) in [5.74, 6) is 1.91. The number of nitrogens with one attached hydrogen (secondary N) is 2. The molecule has 0 unspecified atom stereocenters. The summed E-state index contributed by atoms with van der Waals surface area (Å²) in [5.41, 5.74) is 3.12. The van der Waals surface area contributed by atoms with Crippen LogP contribution < -0.4 is 20.1 Å². The number of methoxy groups -OCH3 is 1. The topological polar surface area (TPSA) is 85.9 Å². The highest BCUT2D eigenvalue weighted by Gasteiger charge is 2.08. The smallest absolute Gasteiger partial charge is 0.411 e. The Morgan fingerprint density at radius 1 is 0.694 bits per heavy atom. The number of rotatable bonds is 9. The van der Waals surface area contributed by atoms with Crippen LogP contribution in [-0.2, 0) is 22.6 Å². The maximum absolute atomic E-state index is 12.2. The maximum atomic E-state index is 12.2. The number of para-hydroxylation sites is 2. The molecule has 0 aliphatic heterocycles. The minimum absolute atomic E-state index is 0.0749. The second-order valence-electron chi connectivity index (χ2n) is 7.87. The van der Waals surface area contributed by atoms with E-state index in [4.69, 9.17) is 9.47 Å². The predicted octanol–water partition coefficient (Wildman–Crippen LogP) is 6.42. The van der Waals surface area contributed by atoms with Crippen molar-refractivity contribution in [1.82, 2.24) is 0 Å². The summed E-state index contributed by atoms with van der Waals surface area (Å²) in [4.78, 5) is 23.8. The van der Waals surface area contributed by atoms with Gasteiger partial charge < -0.3 is 19.5 Å². The first-order chi connectivity index (χ1) is 17.6. The van der Waals surface area contributed by atoms with Crippen LogP contribution in [0.25, 0.3) is 0 Å². The van der Waals surface area contributed by atoms with Crippen molar-refractivity contribution in [1.29, 1.82) is 0 Å². The number of benzene rings is 4. The number of ether oxygens (including phenoxy) is 3. The molecule has 182 valence electrons. The largest absolute Gasteiger partial charge is 0.489 e. The number of hydrogen-bond donors (Lipinski definition) is 2. The van der Waals surface area contributed by atoms with Crippen molar-refractivity contribution in [3.8, 4) is 17.2 Å². The van der Waals surface area contributed by atoms with Crippen molar-refractivity contribution < 1.29 is 23.8 Å². The molecule has 7 nitrogen and oxygen atoms in total. The molecule has 0 aliphatic rings. The van der Waals surface area contributed by atoms with E-state index in [1.54, 1.807) is 6.07 Å². The zero-order chi connectivity index (χ0) is 25.2. The second-order valence-corrected chi connectivity index (χ2v) is 7.87. The molecule has 0 aromatic heterocycles. The van der Waals surface area contributed by atoms with Crippen LogP contribution in [0.1, 0.15) is 11.1 Å². The van der Waals surface area contributed by atoms with Crippen molar-refractivity contribution in [2.45, 2.75) is 13.0 Å². The molecule has 2 N–H and O–H groups in total. The van der Waals surface area contributed by atoms with Gasteiger partial charge in [0.15, 0.2) is 0 Å². The van der Waals surface area contributed by atoms with Crippen LogP contribution in [0.3, 0.4) is 0 Å². The minimum Gasteiger partial charge on any atom is -0.489 e. The molecule has 4 rings (SSSR count). The highest BCUT2D eigenvalue weighted by molar-refractivity contribution is 5.92. The SMILES string of the molecule is COC(=O)Nc1ccccc1COc1ccc(Oc2ccc(CC(=O)Nc3ccccc3)cc2)cc1. The Morgan fingerprint density at radius 3 is 2.00 bits per heavy atom. The summed E-state index contributed by atoms with van der Waals surface area (Å²) in [5, 5.41) is 5.55. The first-order valence-electron chi connectivity index (χ1n) is 11.4. The zero-order valence-corrected chi connectivity index (χ0v) is 19.8. The highest BCUT2D eigenvalue weighted by atomic mass is 16.5. The number of carbonyl (C=O) groups is 2. The average Bonchev–Trinajstić information content (AvgIpc) is 2.90. The normalized spacial score (nSPS) is 10.2. The molecule has 0 radical (unpaired) electrons. The van der Waals surface area contributed by atoms with Crippen LogP contribution in [0.5, 0.6) is 17.2 Å². The summed E-state index contributed by atoms with van der Waals surface area (Å²) < 4.78 is 16.4. The van der Waals surface area contributed by atoms with Crippen LogP contribution in [0.15, 0.2) is 103 Å². The standard InChI is InChI=1S/C29H26N2O5/c1-34-29(33)31-27-10-6-5-7-22(27)20-35-24-15-17-26(18-16-24)36-25-13-11-21(12-14-25)19-28(32)30-23-8-3-2-4-9-23/h2-18H,19-20H2,1H3,(H,30,32)(H,31,33). The fraction of sp³-hybridized carbons (Fsp3) is 0.103. The third-order valence-corrected chi connectivity index (χ3v) is 5.24. The summed E-state index contributed by atoms with van der Waals surface area (Å²) in [6, 6.07) is 31.4. The Bertz CT molecular complexity index is 1290. The van der Waals surface area contributed by atoms with Crippen LogP contribution >= 0.6 is 0 Å². The van der Waals surface area contributed by atoms with Crippen molar-refractivity contribution in [3.63, 3.8) is 0 Å². The summed E-state index contributed by atoms with van der Waals surface area (Å²) in [6.45, 7) is 0.277. The lowest BCUT2D eigenvalue weighted by Gasteiger charge is -2.12. The van der Waals surface area contributed by atoms with E-state index in [0.29, 0.717) is 22.9 Å². The van der Waals surface area contributed by atoms with Crippen molar-refractivity contribution in [3.05, 3.63) is 114 Å². The fourth-order valence-corrected chi connectivity index (χ4v) is 3.42. The lowest BCUT2D eigenvalue weighted by Crippen LogP contribution is -2.14. The molecule has 0 saturated carbocycles. The van der Waals surface area contributed by atoms with Gasteiger partial charge in [-0.25, -0.2) is 4.79 Å². The van der Waals surface area contributed by atoms with Gasteiger partial charge >= 0.3 is 6.09 Å². The molecule has 0 aliphatic carbocycles. The Morgan fingerprint density at radius 2 is 1.31 bits per heavy atom. The zero-order valence-electron chi connectivity index (χ0n) is 19.8. The number of anilines is 2. The number of hydrogen-bond acceptors (Lipinski definition) is 5. The van der Waals surface area contributed by atoms with E-state index in [1.807, 2.05) is 97.1 Å². The van der Waals surface area contributed by atoms with Crippen molar-refractivity contribution >= 4 is 23.4 Å². The molecule has 2 amide bonds. The van der Waals surface area contributed by atoms with Crippen molar-refractivity contribution in [2.75, 3.05) is 17.7 Å². The highest BCUT2D eigenvalue weighted by Crippen LogP contribution is 2.25. The van der Waals surface area contributed by atoms with Gasteiger partial charge in [-0.05, 0) is 60.2 Å². The van der Waals surface area contributed by atoms with Crippen LogP contribution in [0.4, 0.5) is 16.2 Å². The van der Waals surface area contributed by atoms with Gasteiger partial charge in [0.2, 0.25) is 5.91 Å². The molecular formula is C29H26N2O5. The van der Waals surface area contributed by atoms with E-state index in [0.717, 1.165) is 16.8 Å². The van der Waals surface area contributed by atoms with E-state index in [-0.39, 0.29) is 18.9 Å². The van der Waals surface area contributed by atoms with Gasteiger partial charge in [0.25, 0.3) is 0 Å². The Hall–Kier alpha value is -4.78. The van der Waals surface area contributed by atoms with Crippen molar-refractivity contribution in [2.24, 2.45) is 0 Å². The Kier molecular flexibility index (Phi) is 8.17. The van der Waals surface area contributed by atoms with Gasteiger partial charge in [0.1, 0.15) is 23.9 Å². The van der Waals surface area contributed by atoms with Gasteiger partial charge in [-0.1, -0.05) is 48.5 Å². The lowest BCUT2D eigenvalue weighted by molar-refractivity contribution is -0.115. The molecule has 0 spiro atoms. The molecule has 0 saturated heterocycles. The van der Waals surface area contributed by atoms with Crippen LogP contribution in [-0.4, -0.2) is 19.1 Å². The molecule has 0 fully saturated rings. The maximum Gasteiger partial charge on any atom is 0.411 e. The fourth-order valence-electron chi connectivity index (χ4n) is 3.42. The Balaban J connectivity index is 1.28. The molecule has 4 aromatic rings. The molecule has 7 heteroatoms. The summed E-state index contributed by atoms with van der Waals surface area (Å²) >= 11 is 0. The van der Waals surface area contributed by atoms with E-state index < -0.39 is 6.09 Å². The first-order valence-corrected chi connectivity index (χ1v) is 11.4. The molecule has 0 atom stereocenters.